The van der Waals surface area contributed by atoms with Crippen molar-refractivity contribution in [2.24, 2.45) is 0 Å². The number of hydrogen-bond acceptors (Lipinski definition) is 4. The maximum Gasteiger partial charge on any atom is 0.227 e. The molecule has 0 aliphatic carbocycles. The summed E-state index contributed by atoms with van der Waals surface area (Å²) in [6, 6.07) is 10.5. The van der Waals surface area contributed by atoms with Gasteiger partial charge in [0.15, 0.2) is 0 Å². The van der Waals surface area contributed by atoms with Crippen molar-refractivity contribution in [1.29, 1.82) is 0 Å². The molecule has 0 saturated heterocycles. The number of carbonyl (C=O) groups is 1. The van der Waals surface area contributed by atoms with Gasteiger partial charge in [0.1, 0.15) is 29.8 Å². The maximum absolute atomic E-state index is 13.8. The van der Waals surface area contributed by atoms with Crippen molar-refractivity contribution in [3.8, 4) is 5.75 Å². The second-order valence-corrected chi connectivity index (χ2v) is 6.90. The molecule has 5 nitrogen and oxygen atoms in total. The summed E-state index contributed by atoms with van der Waals surface area (Å²) in [6.07, 6.45) is 0.170. The van der Waals surface area contributed by atoms with E-state index in [4.69, 9.17) is 9.26 Å². The topological polar surface area (TPSA) is 55.6 Å². The van der Waals surface area contributed by atoms with Crippen LogP contribution in [0.25, 0.3) is 0 Å². The fourth-order valence-electron chi connectivity index (χ4n) is 2.87. The van der Waals surface area contributed by atoms with Crippen molar-refractivity contribution in [3.63, 3.8) is 0 Å². The Kier molecular flexibility index (Phi) is 6.26. The SMILES string of the molecule is Cc1noc(C)c1COc1ccc(CC(=O)N(C)Cc2ccc(F)cc2F)cc1. The van der Waals surface area contributed by atoms with E-state index >= 15 is 0 Å². The van der Waals surface area contributed by atoms with Gasteiger partial charge in [0, 0.05) is 25.2 Å². The first-order chi connectivity index (χ1) is 13.8. The molecule has 0 bridgehead atoms. The third-order valence-corrected chi connectivity index (χ3v) is 4.69. The fraction of sp³-hybridized carbons (Fsp3) is 0.273. The number of benzene rings is 2. The minimum atomic E-state index is -0.663. The Morgan fingerprint density at radius 2 is 1.86 bits per heavy atom. The van der Waals surface area contributed by atoms with Gasteiger partial charge in [0.05, 0.1) is 17.7 Å². The molecule has 3 rings (SSSR count). The Labute approximate surface area is 167 Å². The first-order valence-corrected chi connectivity index (χ1v) is 9.15. The van der Waals surface area contributed by atoms with E-state index in [0.29, 0.717) is 12.4 Å². The van der Waals surface area contributed by atoms with Crippen molar-refractivity contribution in [2.75, 3.05) is 7.05 Å². The zero-order valence-corrected chi connectivity index (χ0v) is 16.5. The fourth-order valence-corrected chi connectivity index (χ4v) is 2.87. The van der Waals surface area contributed by atoms with Crippen LogP contribution in [0.3, 0.4) is 0 Å². The van der Waals surface area contributed by atoms with E-state index in [0.717, 1.165) is 28.6 Å². The van der Waals surface area contributed by atoms with E-state index in [1.54, 1.807) is 19.2 Å². The lowest BCUT2D eigenvalue weighted by Gasteiger charge is -2.18. The van der Waals surface area contributed by atoms with Crippen LogP contribution in [0.15, 0.2) is 47.0 Å². The zero-order chi connectivity index (χ0) is 21.0. The Bertz CT molecular complexity index is 980. The van der Waals surface area contributed by atoms with Crippen molar-refractivity contribution < 1.29 is 22.8 Å². The Morgan fingerprint density at radius 3 is 2.48 bits per heavy atom. The summed E-state index contributed by atoms with van der Waals surface area (Å²) in [6.45, 7) is 4.12. The zero-order valence-electron chi connectivity index (χ0n) is 16.5. The summed E-state index contributed by atoms with van der Waals surface area (Å²) in [5, 5.41) is 3.89. The van der Waals surface area contributed by atoms with Crippen LogP contribution in [-0.2, 0) is 24.4 Å². The molecular weight excluding hydrogens is 378 g/mol. The molecule has 1 amide bonds. The monoisotopic (exact) mass is 400 g/mol. The molecule has 1 heterocycles. The van der Waals surface area contributed by atoms with Crippen LogP contribution in [0.5, 0.6) is 5.75 Å². The summed E-state index contributed by atoms with van der Waals surface area (Å²) in [4.78, 5) is 13.8. The van der Waals surface area contributed by atoms with Gasteiger partial charge in [-0.3, -0.25) is 4.79 Å². The number of hydrogen-bond donors (Lipinski definition) is 0. The molecular formula is C22H22F2N2O3. The average Bonchev–Trinajstić information content (AvgIpc) is 3.01. The van der Waals surface area contributed by atoms with E-state index in [2.05, 4.69) is 5.16 Å². The lowest BCUT2D eigenvalue weighted by atomic mass is 10.1. The number of aromatic nitrogens is 1. The Balaban J connectivity index is 1.55. The van der Waals surface area contributed by atoms with Gasteiger partial charge in [-0.05, 0) is 37.6 Å². The average molecular weight is 400 g/mol. The lowest BCUT2D eigenvalue weighted by Crippen LogP contribution is -2.28. The first-order valence-electron chi connectivity index (χ1n) is 9.15. The number of aryl methyl sites for hydroxylation is 2. The second kappa shape index (κ2) is 8.86. The number of ether oxygens (including phenoxy) is 1. The summed E-state index contributed by atoms with van der Waals surface area (Å²) in [5.74, 6) is -0.0762. The minimum absolute atomic E-state index is 0.0730. The van der Waals surface area contributed by atoms with Crippen molar-refractivity contribution >= 4 is 5.91 Å². The molecule has 0 aliphatic heterocycles. The van der Waals surface area contributed by atoms with E-state index < -0.39 is 11.6 Å². The number of likely N-dealkylation sites (N-methyl/N-ethyl adjacent to an activating group) is 1. The third kappa shape index (κ3) is 5.19. The van der Waals surface area contributed by atoms with Gasteiger partial charge in [-0.25, -0.2) is 8.78 Å². The van der Waals surface area contributed by atoms with Crippen LogP contribution in [0.2, 0.25) is 0 Å². The van der Waals surface area contributed by atoms with Crippen LogP contribution in [-0.4, -0.2) is 23.0 Å². The lowest BCUT2D eigenvalue weighted by molar-refractivity contribution is -0.129. The van der Waals surface area contributed by atoms with Gasteiger partial charge in [0.2, 0.25) is 5.91 Å². The molecule has 2 aromatic carbocycles. The number of rotatable bonds is 7. The molecule has 0 fully saturated rings. The number of carbonyl (C=O) groups excluding carboxylic acids is 1. The standard InChI is InChI=1S/C22H22F2N2O3/c1-14-20(15(2)29-25-14)13-28-19-8-4-16(5-9-19)10-22(27)26(3)12-17-6-7-18(23)11-21(17)24/h4-9,11H,10,12-13H2,1-3H3. The normalized spacial score (nSPS) is 10.8. The molecule has 0 radical (unpaired) electrons. The second-order valence-electron chi connectivity index (χ2n) is 6.90. The molecule has 7 heteroatoms. The van der Waals surface area contributed by atoms with Gasteiger partial charge in [-0.1, -0.05) is 23.4 Å². The number of halogens is 2. The minimum Gasteiger partial charge on any atom is -0.489 e. The van der Waals surface area contributed by atoms with Gasteiger partial charge in [-0.15, -0.1) is 0 Å². The van der Waals surface area contributed by atoms with Gasteiger partial charge < -0.3 is 14.2 Å². The Morgan fingerprint density at radius 1 is 1.14 bits per heavy atom. The summed E-state index contributed by atoms with van der Waals surface area (Å²) < 4.78 is 37.6. The maximum atomic E-state index is 13.8. The van der Waals surface area contributed by atoms with E-state index in [1.165, 1.54) is 17.0 Å². The number of amides is 1. The summed E-state index contributed by atoms with van der Waals surface area (Å²) in [7, 11) is 1.59. The van der Waals surface area contributed by atoms with Crippen LogP contribution < -0.4 is 4.74 Å². The van der Waals surface area contributed by atoms with Crippen molar-refractivity contribution in [3.05, 3.63) is 82.2 Å². The van der Waals surface area contributed by atoms with Crippen molar-refractivity contribution in [1.82, 2.24) is 10.1 Å². The molecule has 0 unspecified atom stereocenters. The van der Waals surface area contributed by atoms with Crippen LogP contribution in [0.4, 0.5) is 8.78 Å². The van der Waals surface area contributed by atoms with Crippen LogP contribution in [0, 0.1) is 25.5 Å². The molecule has 1 aromatic heterocycles. The molecule has 0 N–H and O–H groups in total. The molecule has 0 spiro atoms. The third-order valence-electron chi connectivity index (χ3n) is 4.69. The highest BCUT2D eigenvalue weighted by Crippen LogP contribution is 2.19. The van der Waals surface area contributed by atoms with Crippen molar-refractivity contribution in [2.45, 2.75) is 33.4 Å². The molecule has 3 aromatic rings. The summed E-state index contributed by atoms with van der Waals surface area (Å²) >= 11 is 0. The summed E-state index contributed by atoms with van der Waals surface area (Å²) in [5.41, 5.74) is 2.79. The predicted octanol–water partition coefficient (Wildman–Crippen LogP) is 4.35. The highest BCUT2D eigenvalue weighted by molar-refractivity contribution is 5.78. The molecule has 0 aliphatic rings. The first kappa shape index (κ1) is 20.5. The molecule has 0 atom stereocenters. The van der Waals surface area contributed by atoms with Gasteiger partial charge in [0.25, 0.3) is 0 Å². The van der Waals surface area contributed by atoms with E-state index in [9.17, 15) is 13.6 Å². The molecule has 152 valence electrons. The Hall–Kier alpha value is -3.22. The highest BCUT2D eigenvalue weighted by atomic mass is 19.1. The van der Waals surface area contributed by atoms with E-state index in [-0.39, 0.29) is 24.4 Å². The van der Waals surface area contributed by atoms with Crippen LogP contribution >= 0.6 is 0 Å². The number of nitrogens with zero attached hydrogens (tertiary/aromatic N) is 2. The predicted molar refractivity (Wildman–Crippen MR) is 103 cm³/mol. The quantitative estimate of drug-likeness (QED) is 0.592. The highest BCUT2D eigenvalue weighted by Gasteiger charge is 2.14. The van der Waals surface area contributed by atoms with Crippen LogP contribution in [0.1, 0.15) is 28.1 Å². The largest absolute Gasteiger partial charge is 0.489 e. The molecule has 0 saturated carbocycles. The van der Waals surface area contributed by atoms with Gasteiger partial charge in [-0.2, -0.15) is 0 Å². The smallest absolute Gasteiger partial charge is 0.227 e. The van der Waals surface area contributed by atoms with E-state index in [1.807, 2.05) is 26.0 Å². The van der Waals surface area contributed by atoms with Gasteiger partial charge >= 0.3 is 0 Å². The molecule has 29 heavy (non-hydrogen) atoms.